The van der Waals surface area contributed by atoms with Crippen LogP contribution in [0.25, 0.3) is 0 Å². The molecule has 1 aliphatic rings. The molecule has 0 aliphatic carbocycles. The standard InChI is InChI=1S/C13H14BrClINO/c1-8-4-5-17(7-10(8)14)13(18)9-2-3-12(16)11(15)6-9/h2-3,6,8,10H,4-5,7H2,1H3. The van der Waals surface area contributed by atoms with Crippen molar-refractivity contribution in [1.82, 2.24) is 4.90 Å². The van der Waals surface area contributed by atoms with Crippen LogP contribution in [-0.4, -0.2) is 28.7 Å². The van der Waals surface area contributed by atoms with Gasteiger partial charge in [-0.05, 0) is 53.1 Å². The second-order valence-corrected chi connectivity index (χ2v) is 7.41. The van der Waals surface area contributed by atoms with Crippen LogP contribution in [0.15, 0.2) is 18.2 Å². The van der Waals surface area contributed by atoms with Gasteiger partial charge in [-0.15, -0.1) is 0 Å². The van der Waals surface area contributed by atoms with Crippen molar-refractivity contribution in [3.8, 4) is 0 Å². The highest BCUT2D eigenvalue weighted by Gasteiger charge is 2.27. The SMILES string of the molecule is CC1CCN(C(=O)c2ccc(I)c(Cl)c2)CC1Br. The van der Waals surface area contributed by atoms with Crippen LogP contribution in [0.3, 0.4) is 0 Å². The third kappa shape index (κ3) is 3.20. The van der Waals surface area contributed by atoms with E-state index < -0.39 is 0 Å². The first-order valence-corrected chi connectivity index (χ1v) is 8.24. The van der Waals surface area contributed by atoms with Crippen LogP contribution in [-0.2, 0) is 0 Å². The van der Waals surface area contributed by atoms with Crippen molar-refractivity contribution < 1.29 is 4.79 Å². The molecule has 1 aromatic carbocycles. The van der Waals surface area contributed by atoms with Gasteiger partial charge < -0.3 is 4.90 Å². The smallest absolute Gasteiger partial charge is 0.253 e. The van der Waals surface area contributed by atoms with Crippen molar-refractivity contribution in [2.24, 2.45) is 5.92 Å². The van der Waals surface area contributed by atoms with E-state index in [1.165, 1.54) is 0 Å². The second kappa shape index (κ2) is 6.09. The van der Waals surface area contributed by atoms with Gasteiger partial charge in [-0.3, -0.25) is 4.79 Å². The van der Waals surface area contributed by atoms with E-state index >= 15 is 0 Å². The minimum absolute atomic E-state index is 0.0738. The molecule has 2 nitrogen and oxygen atoms in total. The van der Waals surface area contributed by atoms with Crippen LogP contribution >= 0.6 is 50.1 Å². The number of hydrogen-bond donors (Lipinski definition) is 0. The molecule has 18 heavy (non-hydrogen) atoms. The highest BCUT2D eigenvalue weighted by molar-refractivity contribution is 14.1. The molecule has 1 fully saturated rings. The number of rotatable bonds is 1. The molecule has 1 aromatic rings. The predicted molar refractivity (Wildman–Crippen MR) is 86.6 cm³/mol. The molecular formula is C13H14BrClINO. The van der Waals surface area contributed by atoms with Gasteiger partial charge in [-0.2, -0.15) is 0 Å². The van der Waals surface area contributed by atoms with Gasteiger partial charge in [0.05, 0.1) is 5.02 Å². The van der Waals surface area contributed by atoms with E-state index in [0.29, 0.717) is 21.3 Å². The average Bonchev–Trinajstić information content (AvgIpc) is 2.35. The van der Waals surface area contributed by atoms with E-state index in [4.69, 9.17) is 11.6 Å². The van der Waals surface area contributed by atoms with E-state index in [9.17, 15) is 4.79 Å². The molecule has 0 radical (unpaired) electrons. The number of alkyl halides is 1. The maximum atomic E-state index is 12.4. The summed E-state index contributed by atoms with van der Waals surface area (Å²) < 4.78 is 0.969. The zero-order valence-corrected chi connectivity index (χ0v) is 14.5. The third-order valence-corrected chi connectivity index (χ3v) is 6.08. The van der Waals surface area contributed by atoms with E-state index in [1.54, 1.807) is 6.07 Å². The molecule has 0 aromatic heterocycles. The van der Waals surface area contributed by atoms with Crippen molar-refractivity contribution in [2.45, 2.75) is 18.2 Å². The monoisotopic (exact) mass is 441 g/mol. The Morgan fingerprint density at radius 2 is 2.28 bits per heavy atom. The van der Waals surface area contributed by atoms with E-state index in [2.05, 4.69) is 45.4 Å². The molecule has 1 saturated heterocycles. The molecule has 5 heteroatoms. The highest BCUT2D eigenvalue weighted by atomic mass is 127. The van der Waals surface area contributed by atoms with Gasteiger partial charge in [0.2, 0.25) is 0 Å². The zero-order valence-electron chi connectivity index (χ0n) is 10.00. The number of likely N-dealkylation sites (tertiary alicyclic amines) is 1. The maximum Gasteiger partial charge on any atom is 0.253 e. The number of nitrogens with zero attached hydrogens (tertiary/aromatic N) is 1. The minimum atomic E-state index is 0.0738. The molecular weight excluding hydrogens is 428 g/mol. The number of amides is 1. The van der Waals surface area contributed by atoms with Crippen LogP contribution in [0.1, 0.15) is 23.7 Å². The number of hydrogen-bond acceptors (Lipinski definition) is 1. The van der Waals surface area contributed by atoms with Gasteiger partial charge in [0.15, 0.2) is 0 Å². The first kappa shape index (κ1) is 14.6. The fourth-order valence-corrected chi connectivity index (χ4v) is 3.15. The Morgan fingerprint density at radius 3 is 2.89 bits per heavy atom. The molecule has 2 rings (SSSR count). The molecule has 1 aliphatic heterocycles. The summed E-state index contributed by atoms with van der Waals surface area (Å²) in [6.07, 6.45) is 1.04. The van der Waals surface area contributed by atoms with Crippen molar-refractivity contribution in [2.75, 3.05) is 13.1 Å². The second-order valence-electron chi connectivity index (χ2n) is 4.66. The lowest BCUT2D eigenvalue weighted by Crippen LogP contribution is -2.43. The zero-order chi connectivity index (χ0) is 13.3. The van der Waals surface area contributed by atoms with Crippen molar-refractivity contribution in [3.05, 3.63) is 32.4 Å². The van der Waals surface area contributed by atoms with Gasteiger partial charge in [0.25, 0.3) is 5.91 Å². The predicted octanol–water partition coefficient (Wildman–Crippen LogP) is 4.19. The molecule has 0 bridgehead atoms. The highest BCUT2D eigenvalue weighted by Crippen LogP contribution is 2.26. The van der Waals surface area contributed by atoms with Crippen LogP contribution in [0.2, 0.25) is 5.02 Å². The molecule has 2 unspecified atom stereocenters. The minimum Gasteiger partial charge on any atom is -0.338 e. The lowest BCUT2D eigenvalue weighted by Gasteiger charge is -2.34. The number of piperidine rings is 1. The van der Waals surface area contributed by atoms with Crippen LogP contribution in [0, 0.1) is 9.49 Å². The van der Waals surface area contributed by atoms with Gasteiger partial charge in [-0.1, -0.05) is 34.5 Å². The summed E-state index contributed by atoms with van der Waals surface area (Å²) >= 11 is 11.9. The van der Waals surface area contributed by atoms with Gasteiger partial charge in [0, 0.05) is 27.1 Å². The molecule has 0 saturated carbocycles. The number of benzene rings is 1. The summed E-state index contributed by atoms with van der Waals surface area (Å²) in [6.45, 7) is 3.80. The summed E-state index contributed by atoms with van der Waals surface area (Å²) in [6, 6.07) is 5.48. The molecule has 0 N–H and O–H groups in total. The van der Waals surface area contributed by atoms with E-state index in [0.717, 1.165) is 23.1 Å². The largest absolute Gasteiger partial charge is 0.338 e. The third-order valence-electron chi connectivity index (χ3n) is 3.32. The van der Waals surface area contributed by atoms with Crippen LogP contribution < -0.4 is 0 Å². The molecule has 98 valence electrons. The van der Waals surface area contributed by atoms with Crippen LogP contribution in [0.4, 0.5) is 0 Å². The maximum absolute atomic E-state index is 12.4. The van der Waals surface area contributed by atoms with Crippen molar-refractivity contribution >= 4 is 56.0 Å². The molecule has 0 spiro atoms. The Labute approximate surface area is 134 Å². The fourth-order valence-electron chi connectivity index (χ4n) is 2.02. The summed E-state index contributed by atoms with van der Waals surface area (Å²) in [7, 11) is 0. The van der Waals surface area contributed by atoms with Crippen LogP contribution in [0.5, 0.6) is 0 Å². The normalized spacial score (nSPS) is 24.1. The summed E-state index contributed by atoms with van der Waals surface area (Å²) in [5.74, 6) is 0.694. The number of halogens is 3. The van der Waals surface area contributed by atoms with Gasteiger partial charge in [0.1, 0.15) is 0 Å². The molecule has 1 amide bonds. The number of carbonyl (C=O) groups is 1. The van der Waals surface area contributed by atoms with Gasteiger partial charge in [-0.25, -0.2) is 0 Å². The molecule has 1 heterocycles. The quantitative estimate of drug-likeness (QED) is 0.472. The number of carbonyl (C=O) groups excluding carboxylic acids is 1. The summed E-state index contributed by atoms with van der Waals surface area (Å²) in [4.78, 5) is 14.6. The topological polar surface area (TPSA) is 20.3 Å². The first-order valence-electron chi connectivity index (χ1n) is 5.87. The lowest BCUT2D eigenvalue weighted by molar-refractivity contribution is 0.0706. The molecule has 2 atom stereocenters. The average molecular weight is 443 g/mol. The fraction of sp³-hybridized carbons (Fsp3) is 0.462. The van der Waals surface area contributed by atoms with E-state index in [1.807, 2.05) is 17.0 Å². The Hall–Kier alpha value is 0.190. The Balaban J connectivity index is 2.14. The Kier molecular flexibility index (Phi) is 4.94. The Morgan fingerprint density at radius 1 is 1.56 bits per heavy atom. The first-order chi connectivity index (χ1) is 8.49. The Bertz CT molecular complexity index is 468. The lowest BCUT2D eigenvalue weighted by atomic mass is 9.98. The van der Waals surface area contributed by atoms with Gasteiger partial charge >= 0.3 is 0 Å². The summed E-state index contributed by atoms with van der Waals surface area (Å²) in [5, 5.41) is 0.641. The van der Waals surface area contributed by atoms with Crippen molar-refractivity contribution in [3.63, 3.8) is 0 Å². The summed E-state index contributed by atoms with van der Waals surface area (Å²) in [5.41, 5.74) is 0.676. The van der Waals surface area contributed by atoms with E-state index in [-0.39, 0.29) is 5.91 Å². The van der Waals surface area contributed by atoms with Crippen molar-refractivity contribution in [1.29, 1.82) is 0 Å².